The van der Waals surface area contributed by atoms with Crippen LogP contribution in [0.2, 0.25) is 0 Å². The molecular weight excluding hydrogens is 242 g/mol. The molecule has 0 saturated carbocycles. The largest absolute Gasteiger partial charge is 0.353 e. The molecule has 20 heavy (non-hydrogen) atoms. The maximum absolute atomic E-state index is 4.66. The molecular formula is C19H42N+. The molecule has 0 atom stereocenters. The van der Waals surface area contributed by atoms with Gasteiger partial charge in [0, 0.05) is 19.3 Å². The van der Waals surface area contributed by atoms with Gasteiger partial charge in [0.05, 0.1) is 5.54 Å². The molecule has 0 aromatic rings. The Labute approximate surface area is 129 Å². The van der Waals surface area contributed by atoms with Crippen molar-refractivity contribution in [1.82, 2.24) is 0 Å². The molecule has 0 aliphatic carbocycles. The van der Waals surface area contributed by atoms with Crippen LogP contribution in [0.5, 0.6) is 0 Å². The highest BCUT2D eigenvalue weighted by atomic mass is 14.7. The van der Waals surface area contributed by atoms with Gasteiger partial charge in [-0.3, -0.25) is 0 Å². The highest BCUT2D eigenvalue weighted by Gasteiger charge is 2.27. The Morgan fingerprint density at radius 3 is 1.05 bits per heavy atom. The van der Waals surface area contributed by atoms with E-state index in [-0.39, 0.29) is 0 Å². The van der Waals surface area contributed by atoms with Crippen LogP contribution < -0.4 is 5.73 Å². The minimum absolute atomic E-state index is 0.398. The van der Waals surface area contributed by atoms with Crippen molar-refractivity contribution < 1.29 is 5.73 Å². The van der Waals surface area contributed by atoms with E-state index in [1.165, 1.54) is 96.3 Å². The van der Waals surface area contributed by atoms with Gasteiger partial charge < -0.3 is 5.73 Å². The van der Waals surface area contributed by atoms with Crippen LogP contribution in [0.25, 0.3) is 0 Å². The van der Waals surface area contributed by atoms with Gasteiger partial charge in [0.2, 0.25) is 0 Å². The zero-order chi connectivity index (χ0) is 15.1. The van der Waals surface area contributed by atoms with E-state index >= 15 is 0 Å². The van der Waals surface area contributed by atoms with Gasteiger partial charge in [-0.1, -0.05) is 78.6 Å². The predicted molar refractivity (Wildman–Crippen MR) is 91.9 cm³/mol. The average molecular weight is 285 g/mol. The van der Waals surface area contributed by atoms with Crippen molar-refractivity contribution >= 4 is 0 Å². The van der Waals surface area contributed by atoms with E-state index < -0.39 is 0 Å². The number of unbranched alkanes of at least 4 members (excludes halogenated alkanes) is 9. The van der Waals surface area contributed by atoms with Gasteiger partial charge in [-0.2, -0.15) is 0 Å². The van der Waals surface area contributed by atoms with Crippen molar-refractivity contribution in [1.29, 1.82) is 0 Å². The first kappa shape index (κ1) is 20.0. The minimum Gasteiger partial charge on any atom is -0.353 e. The van der Waals surface area contributed by atoms with E-state index in [9.17, 15) is 0 Å². The second-order valence-corrected chi connectivity index (χ2v) is 6.93. The van der Waals surface area contributed by atoms with Crippen LogP contribution in [0, 0.1) is 0 Å². The third-order valence-corrected chi connectivity index (χ3v) is 4.68. The highest BCUT2D eigenvalue weighted by molar-refractivity contribution is 4.77. The molecule has 0 spiro atoms. The molecule has 0 radical (unpaired) electrons. The van der Waals surface area contributed by atoms with Gasteiger partial charge in [-0.15, -0.1) is 0 Å². The lowest BCUT2D eigenvalue weighted by Gasteiger charge is -2.26. The molecule has 0 aliphatic heterocycles. The summed E-state index contributed by atoms with van der Waals surface area (Å²) in [5.41, 5.74) is 5.06. The van der Waals surface area contributed by atoms with E-state index in [4.69, 9.17) is 0 Å². The number of rotatable bonds is 15. The van der Waals surface area contributed by atoms with Gasteiger partial charge in [-0.05, 0) is 19.3 Å². The summed E-state index contributed by atoms with van der Waals surface area (Å²) in [6.07, 6.45) is 20.8. The van der Waals surface area contributed by atoms with Crippen molar-refractivity contribution in [2.75, 3.05) is 0 Å². The fourth-order valence-electron chi connectivity index (χ4n) is 3.16. The van der Waals surface area contributed by atoms with Crippen molar-refractivity contribution in [2.45, 2.75) is 123 Å². The lowest BCUT2D eigenvalue weighted by Crippen LogP contribution is -2.72. The molecule has 0 fully saturated rings. The van der Waals surface area contributed by atoms with Crippen molar-refractivity contribution in [2.24, 2.45) is 0 Å². The molecule has 122 valence electrons. The molecule has 0 unspecified atom stereocenters. The monoisotopic (exact) mass is 284 g/mol. The Morgan fingerprint density at radius 2 is 0.800 bits per heavy atom. The van der Waals surface area contributed by atoms with E-state index in [1.54, 1.807) is 0 Å². The smallest absolute Gasteiger partial charge is 0.0945 e. The normalized spacial score (nSPS) is 12.0. The summed E-state index contributed by atoms with van der Waals surface area (Å²) in [4.78, 5) is 0. The maximum atomic E-state index is 4.66. The van der Waals surface area contributed by atoms with E-state index in [2.05, 4.69) is 26.5 Å². The third-order valence-electron chi connectivity index (χ3n) is 4.68. The zero-order valence-corrected chi connectivity index (χ0v) is 14.8. The van der Waals surface area contributed by atoms with E-state index in [0.717, 1.165) is 0 Å². The number of hydrogen-bond acceptors (Lipinski definition) is 0. The van der Waals surface area contributed by atoms with Crippen LogP contribution in [-0.2, 0) is 0 Å². The summed E-state index contributed by atoms with van der Waals surface area (Å²) in [5, 5.41) is 0. The van der Waals surface area contributed by atoms with Crippen LogP contribution in [-0.4, -0.2) is 5.54 Å². The van der Waals surface area contributed by atoms with Gasteiger partial charge in [-0.25, -0.2) is 0 Å². The molecule has 1 heteroatoms. The van der Waals surface area contributed by atoms with Crippen molar-refractivity contribution in [3.8, 4) is 0 Å². The van der Waals surface area contributed by atoms with Crippen LogP contribution in [0.3, 0.4) is 0 Å². The Hall–Kier alpha value is -0.0400. The summed E-state index contributed by atoms with van der Waals surface area (Å²) in [5.74, 6) is 0. The lowest BCUT2D eigenvalue weighted by atomic mass is 9.83. The maximum Gasteiger partial charge on any atom is 0.0945 e. The molecule has 0 bridgehead atoms. The Bertz CT molecular complexity index is 157. The number of hydrogen-bond donors (Lipinski definition) is 1. The second kappa shape index (κ2) is 13.9. The minimum atomic E-state index is 0.398. The summed E-state index contributed by atoms with van der Waals surface area (Å²) < 4.78 is 0. The van der Waals surface area contributed by atoms with E-state index in [1.807, 2.05) is 0 Å². The molecule has 0 aromatic carbocycles. The van der Waals surface area contributed by atoms with Crippen LogP contribution >= 0.6 is 0 Å². The van der Waals surface area contributed by atoms with Gasteiger partial charge in [0.25, 0.3) is 0 Å². The average Bonchev–Trinajstić information content (AvgIpc) is 2.45. The number of quaternary nitrogens is 1. The van der Waals surface area contributed by atoms with E-state index in [0.29, 0.717) is 5.54 Å². The quantitative estimate of drug-likeness (QED) is 0.364. The topological polar surface area (TPSA) is 27.6 Å². The first-order valence-corrected chi connectivity index (χ1v) is 9.54. The fourth-order valence-corrected chi connectivity index (χ4v) is 3.16. The molecule has 0 rings (SSSR count). The first-order chi connectivity index (χ1) is 9.68. The summed E-state index contributed by atoms with van der Waals surface area (Å²) in [7, 11) is 0. The molecule has 1 nitrogen and oxygen atoms in total. The molecule has 0 amide bonds. The van der Waals surface area contributed by atoms with Crippen LogP contribution in [0.15, 0.2) is 0 Å². The highest BCUT2D eigenvalue weighted by Crippen LogP contribution is 2.24. The Morgan fingerprint density at radius 1 is 0.500 bits per heavy atom. The summed E-state index contributed by atoms with van der Waals surface area (Å²) >= 11 is 0. The van der Waals surface area contributed by atoms with Gasteiger partial charge in [0.1, 0.15) is 0 Å². The Kier molecular flexibility index (Phi) is 13.9. The van der Waals surface area contributed by atoms with Gasteiger partial charge >= 0.3 is 0 Å². The summed E-state index contributed by atoms with van der Waals surface area (Å²) in [6.45, 7) is 6.90. The molecule has 0 aliphatic rings. The second-order valence-electron chi connectivity index (χ2n) is 6.93. The lowest BCUT2D eigenvalue weighted by molar-refractivity contribution is -0.484. The fraction of sp³-hybridized carbons (Fsp3) is 1.00. The molecule has 0 heterocycles. The molecule has 0 aromatic heterocycles. The SMILES string of the molecule is CCCCCCC([NH3+])(CCCCCC)CCCCCC. The standard InChI is InChI=1S/C19H41N/c1-4-7-10-13-16-19(20,17-14-11-8-5-2)18-15-12-9-6-3/h4-18,20H2,1-3H3/p+1. The summed E-state index contributed by atoms with van der Waals surface area (Å²) in [6, 6.07) is 0. The first-order valence-electron chi connectivity index (χ1n) is 9.54. The molecule has 3 N–H and O–H groups in total. The van der Waals surface area contributed by atoms with Crippen LogP contribution in [0.4, 0.5) is 0 Å². The van der Waals surface area contributed by atoms with Crippen LogP contribution in [0.1, 0.15) is 117 Å². The van der Waals surface area contributed by atoms with Crippen molar-refractivity contribution in [3.05, 3.63) is 0 Å². The van der Waals surface area contributed by atoms with Gasteiger partial charge in [0.15, 0.2) is 0 Å². The predicted octanol–water partition coefficient (Wildman–Crippen LogP) is 5.88. The third kappa shape index (κ3) is 11.8. The Balaban J connectivity index is 3.98. The molecule has 0 saturated heterocycles. The van der Waals surface area contributed by atoms with Crippen molar-refractivity contribution in [3.63, 3.8) is 0 Å². The zero-order valence-electron chi connectivity index (χ0n) is 14.8.